The zero-order valence-electron chi connectivity index (χ0n) is 14.1. The Morgan fingerprint density at radius 2 is 1.89 bits per heavy atom. The van der Waals surface area contributed by atoms with Gasteiger partial charge in [0.05, 0.1) is 0 Å². The minimum absolute atomic E-state index is 0.370. The second-order valence-electron chi connectivity index (χ2n) is 7.77. The van der Waals surface area contributed by atoms with Crippen molar-refractivity contribution in [3.63, 3.8) is 0 Å². The molecule has 0 aromatic carbocycles. The van der Waals surface area contributed by atoms with E-state index in [9.17, 15) is 0 Å². The molecule has 1 aliphatic rings. The number of nitrogens with zero attached hydrogens (tertiary/aromatic N) is 1. The summed E-state index contributed by atoms with van der Waals surface area (Å²) < 4.78 is 0. The number of piperazine rings is 1. The topological polar surface area (TPSA) is 15.3 Å². The first-order valence-corrected chi connectivity index (χ1v) is 8.32. The summed E-state index contributed by atoms with van der Waals surface area (Å²) in [4.78, 5) is 2.74. The van der Waals surface area contributed by atoms with E-state index >= 15 is 0 Å². The molecule has 0 aromatic rings. The van der Waals surface area contributed by atoms with Gasteiger partial charge in [0, 0.05) is 25.2 Å². The van der Waals surface area contributed by atoms with Crippen LogP contribution in [0.3, 0.4) is 0 Å². The van der Waals surface area contributed by atoms with Crippen molar-refractivity contribution in [2.75, 3.05) is 19.6 Å². The van der Waals surface area contributed by atoms with Gasteiger partial charge in [0.15, 0.2) is 0 Å². The Morgan fingerprint density at radius 1 is 1.21 bits per heavy atom. The highest BCUT2D eigenvalue weighted by Crippen LogP contribution is 2.24. The van der Waals surface area contributed by atoms with Crippen LogP contribution in [-0.2, 0) is 0 Å². The van der Waals surface area contributed by atoms with E-state index in [0.717, 1.165) is 12.0 Å². The molecule has 2 nitrogen and oxygen atoms in total. The van der Waals surface area contributed by atoms with Crippen LogP contribution in [0.25, 0.3) is 0 Å². The second kappa shape index (κ2) is 7.64. The predicted molar refractivity (Wildman–Crippen MR) is 85.6 cm³/mol. The maximum atomic E-state index is 3.76. The molecule has 0 aromatic heterocycles. The molecule has 1 rings (SSSR count). The molecule has 0 saturated carbocycles. The summed E-state index contributed by atoms with van der Waals surface area (Å²) in [6.07, 6.45) is 5.41. The fourth-order valence-corrected chi connectivity index (χ4v) is 2.98. The van der Waals surface area contributed by atoms with Crippen LogP contribution in [0.2, 0.25) is 0 Å². The first-order chi connectivity index (χ1) is 8.84. The number of rotatable bonds is 6. The molecule has 19 heavy (non-hydrogen) atoms. The zero-order valence-corrected chi connectivity index (χ0v) is 14.1. The third kappa shape index (κ3) is 5.83. The lowest BCUT2D eigenvalue weighted by Gasteiger charge is -2.45. The minimum atomic E-state index is 0.370. The van der Waals surface area contributed by atoms with Gasteiger partial charge in [-0.15, -0.1) is 0 Å². The third-order valence-corrected chi connectivity index (χ3v) is 4.53. The van der Waals surface area contributed by atoms with Crippen molar-refractivity contribution >= 4 is 0 Å². The lowest BCUT2D eigenvalue weighted by molar-refractivity contribution is 0.0818. The Bertz CT molecular complexity index is 242. The largest absolute Gasteiger partial charge is 0.311 e. The van der Waals surface area contributed by atoms with Crippen LogP contribution < -0.4 is 5.32 Å². The molecule has 2 unspecified atom stereocenters. The molecular formula is C17H36N2. The highest BCUT2D eigenvalue weighted by Gasteiger charge is 2.32. The zero-order chi connectivity index (χ0) is 14.5. The molecule has 1 N–H and O–H groups in total. The van der Waals surface area contributed by atoms with Crippen LogP contribution >= 0.6 is 0 Å². The van der Waals surface area contributed by atoms with E-state index in [2.05, 4.69) is 51.8 Å². The molecule has 1 fully saturated rings. The van der Waals surface area contributed by atoms with Crippen LogP contribution in [-0.4, -0.2) is 36.6 Å². The average Bonchev–Trinajstić information content (AvgIpc) is 2.33. The highest BCUT2D eigenvalue weighted by molar-refractivity contribution is 4.91. The molecule has 1 heterocycles. The lowest BCUT2D eigenvalue weighted by Crippen LogP contribution is -2.60. The molecule has 0 spiro atoms. The predicted octanol–water partition coefficient (Wildman–Crippen LogP) is 3.91. The standard InChI is InChI=1S/C17H36N2/c1-7-15-12-18-16(17(4,5)6)13-19(15)11-9-8-10-14(2)3/h14-16,18H,7-13H2,1-6H3. The molecule has 0 bridgehead atoms. The Balaban J connectivity index is 2.42. The number of hydrogen-bond acceptors (Lipinski definition) is 2. The molecule has 0 amide bonds. The van der Waals surface area contributed by atoms with Gasteiger partial charge in [-0.2, -0.15) is 0 Å². The normalized spacial score (nSPS) is 26.1. The summed E-state index contributed by atoms with van der Waals surface area (Å²) in [5, 5.41) is 3.76. The van der Waals surface area contributed by atoms with Gasteiger partial charge in [-0.1, -0.05) is 54.4 Å². The summed E-state index contributed by atoms with van der Waals surface area (Å²) in [5.41, 5.74) is 0.370. The van der Waals surface area contributed by atoms with Gasteiger partial charge < -0.3 is 5.32 Å². The molecule has 0 radical (unpaired) electrons. The van der Waals surface area contributed by atoms with E-state index < -0.39 is 0 Å². The van der Waals surface area contributed by atoms with Crippen LogP contribution in [0.15, 0.2) is 0 Å². The maximum absolute atomic E-state index is 3.76. The minimum Gasteiger partial charge on any atom is -0.311 e. The van der Waals surface area contributed by atoms with Gasteiger partial charge in [0.25, 0.3) is 0 Å². The van der Waals surface area contributed by atoms with Crippen molar-refractivity contribution in [3.05, 3.63) is 0 Å². The molecule has 1 saturated heterocycles. The van der Waals surface area contributed by atoms with Crippen LogP contribution in [0, 0.1) is 11.3 Å². The van der Waals surface area contributed by atoms with E-state index in [4.69, 9.17) is 0 Å². The maximum Gasteiger partial charge on any atom is 0.0244 e. The Hall–Kier alpha value is -0.0800. The monoisotopic (exact) mass is 268 g/mol. The van der Waals surface area contributed by atoms with Gasteiger partial charge in [-0.3, -0.25) is 4.90 Å². The molecular weight excluding hydrogens is 232 g/mol. The fraction of sp³-hybridized carbons (Fsp3) is 1.00. The average molecular weight is 268 g/mol. The van der Waals surface area contributed by atoms with Gasteiger partial charge in [0.1, 0.15) is 0 Å². The fourth-order valence-electron chi connectivity index (χ4n) is 2.98. The Morgan fingerprint density at radius 3 is 2.42 bits per heavy atom. The highest BCUT2D eigenvalue weighted by atomic mass is 15.2. The smallest absolute Gasteiger partial charge is 0.0244 e. The van der Waals surface area contributed by atoms with Crippen molar-refractivity contribution < 1.29 is 0 Å². The second-order valence-corrected chi connectivity index (χ2v) is 7.77. The van der Waals surface area contributed by atoms with E-state index in [1.807, 2.05) is 0 Å². The summed E-state index contributed by atoms with van der Waals surface area (Å²) >= 11 is 0. The van der Waals surface area contributed by atoms with Gasteiger partial charge >= 0.3 is 0 Å². The summed E-state index contributed by atoms with van der Waals surface area (Å²) in [6, 6.07) is 1.39. The Labute approximate surface area is 121 Å². The summed E-state index contributed by atoms with van der Waals surface area (Å²) in [7, 11) is 0. The number of unbranched alkanes of at least 4 members (excludes halogenated alkanes) is 1. The summed E-state index contributed by atoms with van der Waals surface area (Å²) in [5.74, 6) is 0.854. The quantitative estimate of drug-likeness (QED) is 0.735. The first kappa shape index (κ1) is 17.0. The van der Waals surface area contributed by atoms with E-state index in [-0.39, 0.29) is 0 Å². The SMILES string of the molecule is CCC1CNC(C(C)(C)C)CN1CCCCC(C)C. The van der Waals surface area contributed by atoms with E-state index in [0.29, 0.717) is 11.5 Å². The van der Waals surface area contributed by atoms with Gasteiger partial charge in [-0.05, 0) is 30.7 Å². The van der Waals surface area contributed by atoms with Crippen LogP contribution in [0.5, 0.6) is 0 Å². The van der Waals surface area contributed by atoms with Gasteiger partial charge in [0.2, 0.25) is 0 Å². The Kier molecular flexibility index (Phi) is 6.82. The van der Waals surface area contributed by atoms with Crippen molar-refractivity contribution in [1.29, 1.82) is 0 Å². The lowest BCUT2D eigenvalue weighted by atomic mass is 9.84. The van der Waals surface area contributed by atoms with Crippen molar-refractivity contribution in [3.8, 4) is 0 Å². The van der Waals surface area contributed by atoms with Crippen LogP contribution in [0.1, 0.15) is 67.2 Å². The number of nitrogens with one attached hydrogen (secondary N) is 1. The molecule has 2 atom stereocenters. The molecule has 2 heteroatoms. The van der Waals surface area contributed by atoms with Crippen molar-refractivity contribution in [2.24, 2.45) is 11.3 Å². The van der Waals surface area contributed by atoms with E-state index in [1.165, 1.54) is 45.3 Å². The third-order valence-electron chi connectivity index (χ3n) is 4.53. The first-order valence-electron chi connectivity index (χ1n) is 8.32. The van der Waals surface area contributed by atoms with Gasteiger partial charge in [-0.25, -0.2) is 0 Å². The molecule has 0 aliphatic carbocycles. The van der Waals surface area contributed by atoms with E-state index in [1.54, 1.807) is 0 Å². The van der Waals surface area contributed by atoms with Crippen molar-refractivity contribution in [1.82, 2.24) is 10.2 Å². The molecule has 1 aliphatic heterocycles. The summed E-state index contributed by atoms with van der Waals surface area (Å²) in [6.45, 7) is 17.7. The number of hydrogen-bond donors (Lipinski definition) is 1. The molecule has 114 valence electrons. The van der Waals surface area contributed by atoms with Crippen molar-refractivity contribution in [2.45, 2.75) is 79.3 Å². The van der Waals surface area contributed by atoms with Crippen LogP contribution in [0.4, 0.5) is 0 Å².